The lowest BCUT2D eigenvalue weighted by Gasteiger charge is -2.34. The highest BCUT2D eigenvalue weighted by atomic mass is 16.6. The Morgan fingerprint density at radius 1 is 1.06 bits per heavy atom. The van der Waals surface area contributed by atoms with Gasteiger partial charge in [-0.25, -0.2) is 0 Å². The first kappa shape index (κ1) is 24.2. The predicted molar refractivity (Wildman–Crippen MR) is 125 cm³/mol. The van der Waals surface area contributed by atoms with E-state index in [4.69, 9.17) is 4.74 Å². The lowest BCUT2D eigenvalue weighted by atomic mass is 10.1. The summed E-state index contributed by atoms with van der Waals surface area (Å²) in [7, 11) is 1.43. The minimum atomic E-state index is -0.547. The van der Waals surface area contributed by atoms with Crippen LogP contribution in [0.1, 0.15) is 24.8 Å². The van der Waals surface area contributed by atoms with Crippen LogP contribution in [0.25, 0.3) is 0 Å². The summed E-state index contributed by atoms with van der Waals surface area (Å²) >= 11 is 0. The third kappa shape index (κ3) is 7.28. The maximum atomic E-state index is 12.5. The van der Waals surface area contributed by atoms with E-state index in [1.165, 1.54) is 24.8 Å². The molecule has 0 aromatic heterocycles. The molecule has 1 aliphatic heterocycles. The topological polar surface area (TPSA) is 105 Å². The van der Waals surface area contributed by atoms with E-state index >= 15 is 0 Å². The van der Waals surface area contributed by atoms with E-state index in [0.29, 0.717) is 44.9 Å². The quantitative estimate of drug-likeness (QED) is 0.437. The Labute approximate surface area is 193 Å². The number of carbonyl (C=O) groups excluding carboxylic acids is 2. The summed E-state index contributed by atoms with van der Waals surface area (Å²) in [5.74, 6) is 0.241. The standard InChI is InChI=1S/C24H30N4O5/c1-33-20-10-11-21(22(18-20)28(31)32)25-23(29)12-13-26-14-16-27(17-15-26)24(30)9-5-8-19-6-3-2-4-7-19/h2-4,6-7,10-11,18H,5,8-9,12-17H2,1H3,(H,25,29). The van der Waals surface area contributed by atoms with Gasteiger partial charge in [-0.15, -0.1) is 0 Å². The van der Waals surface area contributed by atoms with Gasteiger partial charge in [0.1, 0.15) is 11.4 Å². The maximum absolute atomic E-state index is 12.5. The SMILES string of the molecule is COc1ccc(NC(=O)CCN2CCN(C(=O)CCCc3ccccc3)CC2)c([N+](=O)[O-])c1. The van der Waals surface area contributed by atoms with Gasteiger partial charge >= 0.3 is 0 Å². The van der Waals surface area contributed by atoms with Crippen LogP contribution in [0, 0.1) is 10.1 Å². The molecule has 0 atom stereocenters. The molecule has 1 saturated heterocycles. The number of nitrogens with one attached hydrogen (secondary N) is 1. The van der Waals surface area contributed by atoms with Gasteiger partial charge in [0.2, 0.25) is 11.8 Å². The van der Waals surface area contributed by atoms with E-state index in [9.17, 15) is 19.7 Å². The number of nitro groups is 1. The number of hydrogen-bond donors (Lipinski definition) is 1. The molecule has 2 aromatic carbocycles. The Morgan fingerprint density at radius 2 is 1.79 bits per heavy atom. The van der Waals surface area contributed by atoms with Gasteiger partial charge in [-0.3, -0.25) is 24.6 Å². The van der Waals surface area contributed by atoms with Gasteiger partial charge in [-0.2, -0.15) is 0 Å². The third-order valence-corrected chi connectivity index (χ3v) is 5.75. The molecule has 9 heteroatoms. The van der Waals surface area contributed by atoms with E-state index in [1.54, 1.807) is 6.07 Å². The van der Waals surface area contributed by atoms with Crippen LogP contribution >= 0.6 is 0 Å². The molecule has 0 aliphatic carbocycles. The largest absolute Gasteiger partial charge is 0.496 e. The molecule has 2 amide bonds. The van der Waals surface area contributed by atoms with E-state index < -0.39 is 4.92 Å². The van der Waals surface area contributed by atoms with Crippen molar-refractivity contribution < 1.29 is 19.2 Å². The summed E-state index contributed by atoms with van der Waals surface area (Å²) in [6, 6.07) is 14.5. The first-order chi connectivity index (χ1) is 16.0. The number of carbonyl (C=O) groups is 2. The molecule has 1 aliphatic rings. The normalized spacial score (nSPS) is 14.0. The molecule has 1 N–H and O–H groups in total. The molecule has 0 spiro atoms. The molecular formula is C24H30N4O5. The van der Waals surface area contributed by atoms with Crippen LogP contribution in [-0.4, -0.2) is 66.4 Å². The summed E-state index contributed by atoms with van der Waals surface area (Å²) in [6.45, 7) is 3.25. The monoisotopic (exact) mass is 454 g/mol. The highest BCUT2D eigenvalue weighted by molar-refractivity contribution is 5.93. The second-order valence-corrected chi connectivity index (χ2v) is 8.00. The van der Waals surface area contributed by atoms with Crippen LogP contribution in [0.4, 0.5) is 11.4 Å². The number of benzene rings is 2. The van der Waals surface area contributed by atoms with Crippen LogP contribution in [0.5, 0.6) is 5.75 Å². The minimum Gasteiger partial charge on any atom is -0.496 e. The lowest BCUT2D eigenvalue weighted by Crippen LogP contribution is -2.49. The van der Waals surface area contributed by atoms with Gasteiger partial charge in [-0.1, -0.05) is 30.3 Å². The van der Waals surface area contributed by atoms with Gasteiger partial charge in [0, 0.05) is 45.6 Å². The van der Waals surface area contributed by atoms with Crippen LogP contribution in [0.2, 0.25) is 0 Å². The molecule has 9 nitrogen and oxygen atoms in total. The predicted octanol–water partition coefficient (Wildman–Crippen LogP) is 3.10. The van der Waals surface area contributed by atoms with Crippen molar-refractivity contribution in [2.24, 2.45) is 0 Å². The number of anilines is 1. The Balaban J connectivity index is 1.37. The fourth-order valence-corrected chi connectivity index (χ4v) is 3.83. The van der Waals surface area contributed by atoms with Crippen molar-refractivity contribution >= 4 is 23.2 Å². The van der Waals surface area contributed by atoms with Crippen molar-refractivity contribution in [3.63, 3.8) is 0 Å². The zero-order valence-corrected chi connectivity index (χ0v) is 18.9. The highest BCUT2D eigenvalue weighted by Gasteiger charge is 2.22. The number of hydrogen-bond acceptors (Lipinski definition) is 6. The van der Waals surface area contributed by atoms with Crippen molar-refractivity contribution in [3.8, 4) is 5.75 Å². The zero-order valence-electron chi connectivity index (χ0n) is 18.9. The fraction of sp³-hybridized carbons (Fsp3) is 0.417. The molecule has 2 aromatic rings. The molecule has 0 unspecified atom stereocenters. The van der Waals surface area contributed by atoms with Crippen LogP contribution in [-0.2, 0) is 16.0 Å². The zero-order chi connectivity index (χ0) is 23.6. The lowest BCUT2D eigenvalue weighted by molar-refractivity contribution is -0.384. The highest BCUT2D eigenvalue weighted by Crippen LogP contribution is 2.29. The number of rotatable bonds is 10. The fourth-order valence-electron chi connectivity index (χ4n) is 3.83. The molecule has 0 bridgehead atoms. The van der Waals surface area contributed by atoms with Crippen molar-refractivity contribution in [3.05, 3.63) is 64.2 Å². The summed E-state index contributed by atoms with van der Waals surface area (Å²) in [5, 5.41) is 13.9. The van der Waals surface area contributed by atoms with Crippen molar-refractivity contribution in [2.75, 3.05) is 45.2 Å². The summed E-state index contributed by atoms with van der Waals surface area (Å²) in [6.07, 6.45) is 2.49. The number of amides is 2. The molecule has 0 radical (unpaired) electrons. The van der Waals surface area contributed by atoms with Gasteiger partial charge in [-0.05, 0) is 30.5 Å². The third-order valence-electron chi connectivity index (χ3n) is 5.75. The molecule has 1 heterocycles. The second kappa shape index (κ2) is 12.0. The van der Waals surface area contributed by atoms with Crippen molar-refractivity contribution in [2.45, 2.75) is 25.7 Å². The summed E-state index contributed by atoms with van der Waals surface area (Å²) in [4.78, 5) is 39.5. The number of aryl methyl sites for hydroxylation is 1. The number of piperazine rings is 1. The molecular weight excluding hydrogens is 424 g/mol. The molecule has 176 valence electrons. The van der Waals surface area contributed by atoms with Gasteiger partial charge in [0.15, 0.2) is 0 Å². The van der Waals surface area contributed by atoms with Gasteiger partial charge < -0.3 is 15.0 Å². The van der Waals surface area contributed by atoms with E-state index in [1.807, 2.05) is 23.1 Å². The van der Waals surface area contributed by atoms with Gasteiger partial charge in [0.25, 0.3) is 5.69 Å². The van der Waals surface area contributed by atoms with Crippen molar-refractivity contribution in [1.29, 1.82) is 0 Å². The summed E-state index contributed by atoms with van der Waals surface area (Å²) in [5.41, 5.74) is 1.19. The summed E-state index contributed by atoms with van der Waals surface area (Å²) < 4.78 is 5.01. The number of ether oxygens (including phenoxy) is 1. The average Bonchev–Trinajstić information content (AvgIpc) is 2.83. The Morgan fingerprint density at radius 3 is 2.45 bits per heavy atom. The molecule has 1 fully saturated rings. The van der Waals surface area contributed by atoms with E-state index in [-0.39, 0.29) is 29.6 Å². The molecule has 33 heavy (non-hydrogen) atoms. The Bertz CT molecular complexity index is 959. The van der Waals surface area contributed by atoms with Gasteiger partial charge in [0.05, 0.1) is 18.1 Å². The number of methoxy groups -OCH3 is 1. The van der Waals surface area contributed by atoms with E-state index in [0.717, 1.165) is 12.8 Å². The molecule has 0 saturated carbocycles. The Hall–Kier alpha value is -3.46. The van der Waals surface area contributed by atoms with E-state index in [2.05, 4.69) is 22.3 Å². The average molecular weight is 455 g/mol. The van der Waals surface area contributed by atoms with Crippen LogP contribution in [0.15, 0.2) is 48.5 Å². The first-order valence-electron chi connectivity index (χ1n) is 11.1. The minimum absolute atomic E-state index is 0.150. The smallest absolute Gasteiger partial charge is 0.296 e. The first-order valence-corrected chi connectivity index (χ1v) is 11.1. The number of nitro benzene ring substituents is 1. The van der Waals surface area contributed by atoms with Crippen LogP contribution in [0.3, 0.4) is 0 Å². The number of nitrogens with zero attached hydrogens (tertiary/aromatic N) is 3. The van der Waals surface area contributed by atoms with Crippen molar-refractivity contribution in [1.82, 2.24) is 9.80 Å². The maximum Gasteiger partial charge on any atom is 0.296 e. The van der Waals surface area contributed by atoms with Crippen LogP contribution < -0.4 is 10.1 Å². The molecule has 3 rings (SSSR count). The Kier molecular flexibility index (Phi) is 8.77. The second-order valence-electron chi connectivity index (χ2n) is 8.00.